The number of hydrogen-bond acceptors (Lipinski definition) is 8. The van der Waals surface area contributed by atoms with Crippen molar-refractivity contribution in [3.8, 4) is 0 Å². The summed E-state index contributed by atoms with van der Waals surface area (Å²) in [5.41, 5.74) is 3.27. The summed E-state index contributed by atoms with van der Waals surface area (Å²) >= 11 is 0. The van der Waals surface area contributed by atoms with Gasteiger partial charge in [0.05, 0.1) is 18.4 Å². The molecule has 1 fully saturated rings. The summed E-state index contributed by atoms with van der Waals surface area (Å²) in [5, 5.41) is 13.8. The number of carbonyl (C=O) groups is 1. The van der Waals surface area contributed by atoms with E-state index in [0.717, 1.165) is 67.2 Å². The van der Waals surface area contributed by atoms with Crippen molar-refractivity contribution in [3.05, 3.63) is 41.4 Å². The van der Waals surface area contributed by atoms with E-state index in [4.69, 9.17) is 14.4 Å². The van der Waals surface area contributed by atoms with Gasteiger partial charge in [0.1, 0.15) is 18.1 Å². The molecular weight excluding hydrogens is 408 g/mol. The summed E-state index contributed by atoms with van der Waals surface area (Å²) in [6.07, 6.45) is 7.67. The van der Waals surface area contributed by atoms with Crippen LogP contribution < -0.4 is 15.5 Å². The first-order valence-corrected chi connectivity index (χ1v) is 11.2. The third-order valence-corrected chi connectivity index (χ3v) is 6.10. The van der Waals surface area contributed by atoms with Gasteiger partial charge in [0.25, 0.3) is 0 Å². The SMILES string of the molecule is CC(C)c1cc(Nc2nc(N3CCC[C@@H]3C(=O)NCc3ncco3)nc3c2CCC3)n[nH]1. The molecule has 3 aromatic rings. The van der Waals surface area contributed by atoms with Crippen LogP contribution >= 0.6 is 0 Å². The van der Waals surface area contributed by atoms with Crippen LogP contribution in [0.4, 0.5) is 17.6 Å². The van der Waals surface area contributed by atoms with Crippen molar-refractivity contribution < 1.29 is 9.21 Å². The Balaban J connectivity index is 1.37. The Morgan fingerprint density at radius 3 is 3.00 bits per heavy atom. The van der Waals surface area contributed by atoms with Gasteiger partial charge in [-0.1, -0.05) is 13.8 Å². The molecule has 1 aliphatic carbocycles. The van der Waals surface area contributed by atoms with Crippen molar-refractivity contribution in [1.82, 2.24) is 30.5 Å². The first kappa shape index (κ1) is 20.5. The highest BCUT2D eigenvalue weighted by Gasteiger charge is 2.34. The number of nitrogens with zero attached hydrogens (tertiary/aromatic N) is 5. The molecule has 1 amide bonds. The summed E-state index contributed by atoms with van der Waals surface area (Å²) in [5.74, 6) is 2.92. The Morgan fingerprint density at radius 2 is 2.22 bits per heavy atom. The van der Waals surface area contributed by atoms with E-state index in [1.54, 1.807) is 6.20 Å². The van der Waals surface area contributed by atoms with Crippen molar-refractivity contribution in [2.24, 2.45) is 0 Å². The summed E-state index contributed by atoms with van der Waals surface area (Å²) < 4.78 is 5.22. The van der Waals surface area contributed by atoms with E-state index in [0.29, 0.717) is 17.8 Å². The number of oxazole rings is 1. The molecule has 0 spiro atoms. The molecule has 0 bridgehead atoms. The molecule has 1 saturated heterocycles. The minimum Gasteiger partial charge on any atom is -0.447 e. The summed E-state index contributed by atoms with van der Waals surface area (Å²) in [4.78, 5) is 28.7. The fourth-order valence-electron chi connectivity index (χ4n) is 4.37. The highest BCUT2D eigenvalue weighted by atomic mass is 16.3. The summed E-state index contributed by atoms with van der Waals surface area (Å²) in [6.45, 7) is 5.26. The fraction of sp³-hybridized carbons (Fsp3) is 0.500. The molecule has 3 N–H and O–H groups in total. The van der Waals surface area contributed by atoms with Gasteiger partial charge in [0.15, 0.2) is 5.82 Å². The van der Waals surface area contributed by atoms with Crippen LogP contribution in [0.15, 0.2) is 22.9 Å². The van der Waals surface area contributed by atoms with Crippen LogP contribution in [0, 0.1) is 0 Å². The zero-order valence-corrected chi connectivity index (χ0v) is 18.4. The minimum atomic E-state index is -0.310. The van der Waals surface area contributed by atoms with Crippen LogP contribution in [-0.2, 0) is 24.2 Å². The smallest absolute Gasteiger partial charge is 0.243 e. The molecular formula is C22H28N8O2. The van der Waals surface area contributed by atoms with Crippen LogP contribution in [0.1, 0.15) is 61.9 Å². The molecule has 1 aliphatic heterocycles. The lowest BCUT2D eigenvalue weighted by Gasteiger charge is -2.25. The van der Waals surface area contributed by atoms with Crippen molar-refractivity contribution >= 4 is 23.5 Å². The number of rotatable bonds is 7. The van der Waals surface area contributed by atoms with Gasteiger partial charge in [-0.3, -0.25) is 9.89 Å². The van der Waals surface area contributed by atoms with Gasteiger partial charge < -0.3 is 20.0 Å². The highest BCUT2D eigenvalue weighted by molar-refractivity contribution is 5.85. The van der Waals surface area contributed by atoms with Crippen LogP contribution in [-0.4, -0.2) is 43.6 Å². The van der Waals surface area contributed by atoms with Crippen LogP contribution in [0.5, 0.6) is 0 Å². The lowest BCUT2D eigenvalue weighted by Crippen LogP contribution is -2.44. The van der Waals surface area contributed by atoms with Gasteiger partial charge in [0, 0.05) is 23.9 Å². The van der Waals surface area contributed by atoms with Crippen LogP contribution in [0.2, 0.25) is 0 Å². The number of anilines is 3. The molecule has 0 saturated carbocycles. The molecule has 168 valence electrons. The number of carbonyl (C=O) groups excluding carboxylic acids is 1. The molecule has 0 unspecified atom stereocenters. The lowest BCUT2D eigenvalue weighted by atomic mass is 10.1. The average molecular weight is 437 g/mol. The Labute approximate surface area is 186 Å². The fourth-order valence-corrected chi connectivity index (χ4v) is 4.37. The number of amides is 1. The van der Waals surface area contributed by atoms with E-state index in [-0.39, 0.29) is 18.5 Å². The Morgan fingerprint density at radius 1 is 1.31 bits per heavy atom. The topological polar surface area (TPSA) is 125 Å². The molecule has 10 nitrogen and oxygen atoms in total. The quantitative estimate of drug-likeness (QED) is 0.516. The second kappa shape index (κ2) is 8.60. The first-order valence-electron chi connectivity index (χ1n) is 11.2. The van der Waals surface area contributed by atoms with E-state index in [9.17, 15) is 4.79 Å². The van der Waals surface area contributed by atoms with Crippen molar-refractivity contribution in [2.45, 2.75) is 64.5 Å². The molecule has 2 aliphatic rings. The minimum absolute atomic E-state index is 0.0619. The number of H-pyrrole nitrogens is 1. The van der Waals surface area contributed by atoms with Crippen LogP contribution in [0.3, 0.4) is 0 Å². The van der Waals surface area contributed by atoms with Gasteiger partial charge in [-0.25, -0.2) is 9.97 Å². The predicted molar refractivity (Wildman–Crippen MR) is 119 cm³/mol. The standard InChI is InChI=1S/C22H28N8O2/c1-13(2)16-11-18(29-28-16)26-20-14-5-3-6-15(14)25-22(27-20)30-9-4-7-17(30)21(31)24-12-19-23-8-10-32-19/h8,10-11,13,17H,3-7,9,12H2,1-2H3,(H,24,31)(H2,25,26,27,28,29)/t17-/m1/s1. The van der Waals surface area contributed by atoms with Crippen LogP contribution in [0.25, 0.3) is 0 Å². The molecule has 1 atom stereocenters. The van der Waals surface area contributed by atoms with Crippen molar-refractivity contribution in [2.75, 3.05) is 16.8 Å². The Kier molecular flexibility index (Phi) is 5.50. The van der Waals surface area contributed by atoms with Gasteiger partial charge in [0.2, 0.25) is 17.7 Å². The Hall–Kier alpha value is -3.43. The molecule has 0 aromatic carbocycles. The van der Waals surface area contributed by atoms with Crippen molar-refractivity contribution in [3.63, 3.8) is 0 Å². The van der Waals surface area contributed by atoms with Gasteiger partial charge in [-0.15, -0.1) is 0 Å². The number of hydrogen-bond donors (Lipinski definition) is 3. The summed E-state index contributed by atoms with van der Waals surface area (Å²) in [6, 6.07) is 1.71. The molecule has 5 rings (SSSR count). The molecule has 0 radical (unpaired) electrons. The maximum absolute atomic E-state index is 12.9. The third kappa shape index (κ3) is 4.04. The zero-order valence-electron chi connectivity index (χ0n) is 18.4. The average Bonchev–Trinajstić information content (AvgIpc) is 3.58. The normalized spacial score (nSPS) is 17.7. The third-order valence-electron chi connectivity index (χ3n) is 6.10. The van der Waals surface area contributed by atoms with E-state index in [1.807, 2.05) is 11.0 Å². The Bertz CT molecular complexity index is 1090. The monoisotopic (exact) mass is 436 g/mol. The van der Waals surface area contributed by atoms with E-state index in [2.05, 4.69) is 39.7 Å². The molecule has 3 aromatic heterocycles. The van der Waals surface area contributed by atoms with Gasteiger partial charge in [-0.05, 0) is 38.0 Å². The van der Waals surface area contributed by atoms with Crippen molar-refractivity contribution in [1.29, 1.82) is 0 Å². The molecule has 10 heteroatoms. The largest absolute Gasteiger partial charge is 0.447 e. The van der Waals surface area contributed by atoms with Gasteiger partial charge >= 0.3 is 0 Å². The lowest BCUT2D eigenvalue weighted by molar-refractivity contribution is -0.122. The summed E-state index contributed by atoms with van der Waals surface area (Å²) in [7, 11) is 0. The maximum Gasteiger partial charge on any atom is 0.243 e. The molecule has 4 heterocycles. The predicted octanol–water partition coefficient (Wildman–Crippen LogP) is 2.83. The number of fused-ring (bicyclic) bond motifs is 1. The van der Waals surface area contributed by atoms with E-state index in [1.165, 1.54) is 6.26 Å². The van der Waals surface area contributed by atoms with Gasteiger partial charge in [-0.2, -0.15) is 10.1 Å². The second-order valence-corrected chi connectivity index (χ2v) is 8.63. The number of aromatic nitrogens is 5. The molecule has 32 heavy (non-hydrogen) atoms. The number of nitrogens with one attached hydrogen (secondary N) is 3. The highest BCUT2D eigenvalue weighted by Crippen LogP contribution is 2.32. The zero-order chi connectivity index (χ0) is 22.1. The second-order valence-electron chi connectivity index (χ2n) is 8.63. The van der Waals surface area contributed by atoms with E-state index < -0.39 is 0 Å². The van der Waals surface area contributed by atoms with E-state index >= 15 is 0 Å². The number of aromatic amines is 1. The first-order chi connectivity index (χ1) is 15.6. The maximum atomic E-state index is 12.9. The number of aryl methyl sites for hydroxylation is 1.